The number of fused-ring (bicyclic) bond motifs is 2. The summed E-state index contributed by atoms with van der Waals surface area (Å²) < 4.78 is 0. The summed E-state index contributed by atoms with van der Waals surface area (Å²) in [5.41, 5.74) is 16.1. The molecule has 0 saturated heterocycles. The van der Waals surface area contributed by atoms with E-state index >= 15 is 0 Å². The summed E-state index contributed by atoms with van der Waals surface area (Å²) in [5.74, 6) is -3.54. The van der Waals surface area contributed by atoms with Crippen molar-refractivity contribution in [1.29, 1.82) is 0 Å². The normalized spacial score (nSPS) is 20.4. The number of rotatable bonds is 6. The lowest BCUT2D eigenvalue weighted by atomic mass is 9.93. The molecular weight excluding hydrogens is 472 g/mol. The van der Waals surface area contributed by atoms with E-state index in [-0.39, 0.29) is 61.4 Å². The molecule has 2 atom stereocenters. The summed E-state index contributed by atoms with van der Waals surface area (Å²) in [6.07, 6.45) is 0.557. The Kier molecular flexibility index (Phi) is 10.7. The number of nitro benzene ring substituents is 1. The quantitative estimate of drug-likeness (QED) is 0.0662. The van der Waals surface area contributed by atoms with Gasteiger partial charge in [-0.05, 0) is 30.9 Å². The van der Waals surface area contributed by atoms with E-state index in [2.05, 4.69) is 26.5 Å². The Hall–Kier alpha value is -3.59. The second-order valence-corrected chi connectivity index (χ2v) is 8.62. The lowest BCUT2D eigenvalue weighted by Crippen LogP contribution is -2.57. The van der Waals surface area contributed by atoms with E-state index in [1.54, 1.807) is 13.8 Å². The number of hydrazine groups is 1. The predicted molar refractivity (Wildman–Crippen MR) is 131 cm³/mol. The minimum absolute atomic E-state index is 0.00921. The van der Waals surface area contributed by atoms with Crippen LogP contribution in [0, 0.1) is 16.0 Å². The number of Topliss-reactive ketones (excluding diaryl/α,β-unsaturated/α-hetero) is 4. The van der Waals surface area contributed by atoms with Gasteiger partial charge in [0.25, 0.3) is 5.69 Å². The van der Waals surface area contributed by atoms with Crippen molar-refractivity contribution in [2.75, 3.05) is 19.8 Å². The number of hydrogen-bond donors (Lipinski definition) is 6. The van der Waals surface area contributed by atoms with Crippen molar-refractivity contribution in [3.63, 3.8) is 0 Å². The average molecular weight is 505 g/mol. The fourth-order valence-electron chi connectivity index (χ4n) is 3.57. The predicted octanol–water partition coefficient (Wildman–Crippen LogP) is -1.32. The van der Waals surface area contributed by atoms with Crippen molar-refractivity contribution in [1.82, 2.24) is 21.5 Å². The molecule has 0 spiro atoms. The van der Waals surface area contributed by atoms with Crippen molar-refractivity contribution in [3.8, 4) is 0 Å². The van der Waals surface area contributed by atoms with Crippen LogP contribution in [0.15, 0.2) is 23.2 Å². The largest absolute Gasteiger partial charge is 0.370 e. The number of nitro groups is 1. The smallest absolute Gasteiger partial charge is 0.273 e. The molecule has 1 aromatic rings. The van der Waals surface area contributed by atoms with E-state index in [0.29, 0.717) is 6.42 Å². The summed E-state index contributed by atoms with van der Waals surface area (Å²) in [4.78, 5) is 66.0. The van der Waals surface area contributed by atoms with Crippen LogP contribution in [0.3, 0.4) is 0 Å². The van der Waals surface area contributed by atoms with Gasteiger partial charge >= 0.3 is 0 Å². The molecule has 0 fully saturated rings. The zero-order chi connectivity index (χ0) is 26.8. The van der Waals surface area contributed by atoms with E-state index < -0.39 is 40.1 Å². The maximum atomic E-state index is 13.1. The Morgan fingerprint density at radius 3 is 2.44 bits per heavy atom. The Morgan fingerprint density at radius 1 is 1.11 bits per heavy atom. The molecule has 0 saturated carbocycles. The van der Waals surface area contributed by atoms with E-state index in [1.165, 1.54) is 18.2 Å². The summed E-state index contributed by atoms with van der Waals surface area (Å²) in [6, 6.07) is 1.69. The molecule has 0 unspecified atom stereocenters. The van der Waals surface area contributed by atoms with Gasteiger partial charge in [-0.1, -0.05) is 13.8 Å². The fourth-order valence-corrected chi connectivity index (χ4v) is 3.57. The molecule has 2 rings (SSSR count). The van der Waals surface area contributed by atoms with E-state index in [0.717, 1.165) is 0 Å². The second kappa shape index (κ2) is 13.5. The number of nitrogens with one attached hydrogen (secondary N) is 4. The third-order valence-electron chi connectivity index (χ3n) is 5.51. The summed E-state index contributed by atoms with van der Waals surface area (Å²) in [5, 5.41) is 17.0. The van der Waals surface area contributed by atoms with Crippen LogP contribution < -0.4 is 33.0 Å². The van der Waals surface area contributed by atoms with Crippen molar-refractivity contribution in [2.45, 2.75) is 45.3 Å². The van der Waals surface area contributed by atoms with Crippen LogP contribution in [0.2, 0.25) is 0 Å². The van der Waals surface area contributed by atoms with Gasteiger partial charge in [-0.25, -0.2) is 10.9 Å². The van der Waals surface area contributed by atoms with Crippen molar-refractivity contribution >= 4 is 34.8 Å². The van der Waals surface area contributed by atoms with Crippen LogP contribution in [0.1, 0.15) is 42.6 Å². The second-order valence-electron chi connectivity index (χ2n) is 8.62. The van der Waals surface area contributed by atoms with Crippen LogP contribution in [-0.2, 0) is 20.9 Å². The number of nitrogens with two attached hydrogens (primary N) is 2. The van der Waals surface area contributed by atoms with Gasteiger partial charge in [0, 0.05) is 37.0 Å². The highest BCUT2D eigenvalue weighted by Gasteiger charge is 2.32. The highest BCUT2D eigenvalue weighted by atomic mass is 16.6. The van der Waals surface area contributed by atoms with Crippen LogP contribution >= 0.6 is 0 Å². The zero-order valence-corrected chi connectivity index (χ0v) is 20.2. The third kappa shape index (κ3) is 7.98. The van der Waals surface area contributed by atoms with Gasteiger partial charge in [-0.2, -0.15) is 0 Å². The van der Waals surface area contributed by atoms with Gasteiger partial charge in [0.1, 0.15) is 0 Å². The van der Waals surface area contributed by atoms with E-state index in [9.17, 15) is 29.3 Å². The Labute approximate surface area is 207 Å². The topological polar surface area (TPSA) is 224 Å². The highest BCUT2D eigenvalue weighted by molar-refractivity contribution is 6.45. The molecule has 1 aliphatic rings. The first-order valence-electron chi connectivity index (χ1n) is 11.4. The molecule has 14 nitrogen and oxygen atoms in total. The highest BCUT2D eigenvalue weighted by Crippen LogP contribution is 2.21. The number of carbonyl (C=O) groups excluding carboxylic acids is 4. The average Bonchev–Trinajstić information content (AvgIpc) is 2.82. The minimum atomic E-state index is -1.04. The van der Waals surface area contributed by atoms with E-state index in [1.807, 2.05) is 0 Å². The van der Waals surface area contributed by atoms with Gasteiger partial charge < -0.3 is 16.8 Å². The number of guanidine groups is 1. The van der Waals surface area contributed by atoms with Crippen molar-refractivity contribution in [2.24, 2.45) is 22.4 Å². The first kappa shape index (κ1) is 28.6. The fraction of sp³-hybridized carbons (Fsp3) is 0.500. The molecule has 36 heavy (non-hydrogen) atoms. The van der Waals surface area contributed by atoms with Gasteiger partial charge in [-0.15, -0.1) is 0 Å². The molecule has 196 valence electrons. The molecular formula is C22H32N8O6. The first-order valence-corrected chi connectivity index (χ1v) is 11.4. The van der Waals surface area contributed by atoms with Gasteiger partial charge in [0.05, 0.1) is 23.6 Å². The van der Waals surface area contributed by atoms with Crippen molar-refractivity contribution < 1.29 is 24.1 Å². The maximum absolute atomic E-state index is 13.1. The molecule has 0 amide bonds. The summed E-state index contributed by atoms with van der Waals surface area (Å²) in [7, 11) is 0. The molecule has 0 radical (unpaired) electrons. The monoisotopic (exact) mass is 504 g/mol. The number of benzene rings is 1. The van der Waals surface area contributed by atoms with Gasteiger partial charge in [0.15, 0.2) is 5.96 Å². The van der Waals surface area contributed by atoms with Crippen LogP contribution in [0.25, 0.3) is 0 Å². The summed E-state index contributed by atoms with van der Waals surface area (Å²) >= 11 is 0. The van der Waals surface area contributed by atoms with E-state index in [4.69, 9.17) is 11.5 Å². The van der Waals surface area contributed by atoms with Crippen LogP contribution in [-0.4, -0.2) is 65.9 Å². The SMILES string of the molecule is CC(C)[C@@H]1NN[C@@H](CCCN=C(N)N)C(=O)C(=O)CNCNCc2cc(ccc2[N+](=O)[O-])C(=O)C1=O. The number of nitrogens with zero attached hydrogens (tertiary/aromatic N) is 2. The van der Waals surface area contributed by atoms with Crippen molar-refractivity contribution in [3.05, 3.63) is 39.4 Å². The number of carbonyl (C=O) groups is 4. The Morgan fingerprint density at radius 2 is 1.81 bits per heavy atom. The molecule has 8 N–H and O–H groups in total. The number of hydrogen-bond acceptors (Lipinski definition) is 11. The van der Waals surface area contributed by atoms with Gasteiger partial charge in [0.2, 0.25) is 23.1 Å². The lowest BCUT2D eigenvalue weighted by Gasteiger charge is -2.25. The molecule has 0 aliphatic carbocycles. The summed E-state index contributed by atoms with van der Waals surface area (Å²) in [6.45, 7) is 3.42. The number of ketones is 4. The van der Waals surface area contributed by atoms with Crippen LogP contribution in [0.4, 0.5) is 5.69 Å². The molecule has 0 aromatic heterocycles. The molecule has 1 aromatic carbocycles. The van der Waals surface area contributed by atoms with Gasteiger partial charge in [-0.3, -0.25) is 39.6 Å². The minimum Gasteiger partial charge on any atom is -0.370 e. The molecule has 14 heteroatoms. The lowest BCUT2D eigenvalue weighted by molar-refractivity contribution is -0.385. The standard InChI is InChI=1S/C22H32N8O6/c1-12(2)18-21(34)19(32)13-5-6-16(30(35)36)14(8-13)9-25-11-26-10-17(31)20(33)15(28-29-18)4-3-7-27-22(23)24/h5-6,8,12,15,18,25-26,28-29H,3-4,7,9-11H2,1-2H3,(H4,23,24,27)/t15-,18-/m0/s1. The maximum Gasteiger partial charge on any atom is 0.273 e. The number of aliphatic imine (C=N–C) groups is 1. The third-order valence-corrected chi connectivity index (χ3v) is 5.51. The van der Waals surface area contributed by atoms with Crippen LogP contribution in [0.5, 0.6) is 0 Å². The first-order chi connectivity index (χ1) is 17.0. The molecule has 1 aliphatic heterocycles. The Balaban J connectivity index is 2.35. The molecule has 1 heterocycles. The zero-order valence-electron chi connectivity index (χ0n) is 20.2. The Bertz CT molecular complexity index is 1040. The molecule has 2 bridgehead atoms.